The molecule has 64 rings (SSSR count). The molecule has 0 fully saturated rings. The Morgan fingerprint density at radius 2 is 0.104 bits per heavy atom. The molecule has 18 aromatic carbocycles. The van der Waals surface area contributed by atoms with Gasteiger partial charge in [0.15, 0.2) is 0 Å². The summed E-state index contributed by atoms with van der Waals surface area (Å²) in [6.45, 7) is 0. The highest BCUT2D eigenvalue weighted by Crippen LogP contribution is 2.43. The maximum Gasteiger partial charge on any atom is 0.0288 e. The van der Waals surface area contributed by atoms with E-state index in [0.717, 1.165) is 104 Å². The van der Waals surface area contributed by atoms with Crippen molar-refractivity contribution >= 4 is 194 Å². The van der Waals surface area contributed by atoms with Gasteiger partial charge in [0.25, 0.3) is 0 Å². The average Bonchev–Trinajstić information content (AvgIpc) is 0.908. The van der Waals surface area contributed by atoms with Crippen molar-refractivity contribution in [2.24, 2.45) is 0 Å². The summed E-state index contributed by atoms with van der Waals surface area (Å²) in [6, 6.07) is 163. The molecule has 0 saturated carbocycles. The highest BCUT2D eigenvalue weighted by molar-refractivity contribution is 8.78. The Kier molecular flexibility index (Phi) is 40.9. The van der Waals surface area contributed by atoms with Crippen molar-refractivity contribution in [1.82, 2.24) is 0 Å². The van der Waals surface area contributed by atoms with Gasteiger partial charge in [0.2, 0.25) is 0 Å². The van der Waals surface area contributed by atoms with Gasteiger partial charge in [0.1, 0.15) is 0 Å². The molecule has 18 aromatic rings. The summed E-state index contributed by atoms with van der Waals surface area (Å²) in [4.78, 5) is 0. The zero-order valence-corrected chi connectivity index (χ0v) is 94.3. The lowest BCUT2D eigenvalue weighted by molar-refractivity contribution is 1.40. The van der Waals surface area contributed by atoms with E-state index in [9.17, 15) is 0 Å². The van der Waals surface area contributed by atoms with E-state index in [2.05, 4.69) is 437 Å². The Bertz CT molecular complexity index is 5820. The highest BCUT2D eigenvalue weighted by atomic mass is 33.1. The minimum atomic E-state index is 0.999. The zero-order chi connectivity index (χ0) is 97.2. The van der Waals surface area contributed by atoms with Gasteiger partial charge in [-0.1, -0.05) is 631 Å². The van der Waals surface area contributed by atoms with E-state index >= 15 is 0 Å². The summed E-state index contributed by atoms with van der Waals surface area (Å²) in [5, 5.41) is 0. The molecule has 46 aliphatic heterocycles. The fourth-order valence-corrected chi connectivity index (χ4v) is 35.5. The minimum Gasteiger partial charge on any atom is -0.0890 e. The molecule has 18 heteroatoms. The quantitative estimate of drug-likeness (QED) is 0.132. The molecule has 0 aliphatic carbocycles. The third-order valence-electron chi connectivity index (χ3n) is 25.0. The largest absolute Gasteiger partial charge is 0.0890 e. The van der Waals surface area contributed by atoms with Gasteiger partial charge in [-0.25, -0.2) is 0 Å². The van der Waals surface area contributed by atoms with Crippen molar-refractivity contribution in [3.63, 3.8) is 0 Å². The van der Waals surface area contributed by atoms with E-state index in [4.69, 9.17) is 0 Å². The van der Waals surface area contributed by atoms with Crippen LogP contribution in [0.4, 0.5) is 0 Å². The number of rotatable bonds is 0. The third kappa shape index (κ3) is 32.4. The molecule has 46 aliphatic rings. The van der Waals surface area contributed by atoms with Crippen LogP contribution in [-0.4, -0.2) is 0 Å². The van der Waals surface area contributed by atoms with Crippen LogP contribution in [0.15, 0.2) is 437 Å². The average molecular weight is 2200 g/mol. The van der Waals surface area contributed by atoms with E-state index in [-0.39, 0.29) is 0 Å². The summed E-state index contributed by atoms with van der Waals surface area (Å²) in [6.07, 6.45) is 0. The summed E-state index contributed by atoms with van der Waals surface area (Å²) < 4.78 is 0. The number of hydrogen-bond donors (Lipinski definition) is 0. The van der Waals surface area contributed by atoms with Crippen LogP contribution in [0, 0.1) is 0 Å². The molecule has 0 nitrogen and oxygen atoms in total. The molecule has 0 radical (unpaired) electrons. The van der Waals surface area contributed by atoms with Crippen LogP contribution < -0.4 is 0 Å². The van der Waals surface area contributed by atoms with Crippen LogP contribution >= 0.6 is 194 Å². The number of benzene rings is 18. The maximum absolute atomic E-state index is 2.28. The first-order valence-electron chi connectivity index (χ1n) is 48.1. The molecular weight excluding hydrogens is 2090 g/mol. The van der Waals surface area contributed by atoms with E-state index in [1.54, 1.807) is 0 Å². The summed E-state index contributed by atoms with van der Waals surface area (Å²) in [5.74, 6) is 18.2. The van der Waals surface area contributed by atoms with Crippen molar-refractivity contribution in [2.75, 3.05) is 0 Å². The first kappa shape index (κ1) is 105. The SMILES string of the molecule is c1cc2ccc1CSSCc1ccc(cc1)-c1ccc(cc1)CSSCc1ccc(cc1)-c1ccc(cc1)CSSCc1ccc(cc1)-c1ccc(cc1)CSSCc1ccc-2cc1.c1cc2ccc1CSSCc1ccc(cc1)-c1ccc(cc1)CSSCc1ccc(cc1)-c1ccc(cc1)CSSCc1ccc-2cc1.c1cc2ccc1CSSCc1ccc(cc1)-c1ccc(cc1)CSSCc1ccc-2cc1. The van der Waals surface area contributed by atoms with E-state index < -0.39 is 0 Å². The molecule has 0 saturated heterocycles. The molecule has 46 heterocycles. The molecular formula is C126H108S18. The molecule has 36 bridgehead atoms. The first-order chi connectivity index (χ1) is 71.2. The normalized spacial score (nSPS) is 14.5. The van der Waals surface area contributed by atoms with Gasteiger partial charge in [-0.2, -0.15) is 0 Å². The van der Waals surface area contributed by atoms with E-state index in [1.807, 2.05) is 194 Å². The molecule has 0 amide bonds. The van der Waals surface area contributed by atoms with Crippen LogP contribution in [0.3, 0.4) is 0 Å². The van der Waals surface area contributed by atoms with Gasteiger partial charge in [0, 0.05) is 104 Å². The standard InChI is InChI=1S/C56H48S8.C42H36S6.C28H24S4/c1-17-49-18-2-41(1)33-57-58-34-43-5-21-51(22-6-43)52-23-7-45(8-24-52)37-61-62-38-47-13-29-55(30-14-47)56-31-15-48(16-32-56)40-64-63-39-46-11-27-54(28-12-46)53-25-9-44(10-26-53)36-60-59-35-42-3-19-50(49)20-4-42;1-13-37-14-2-31(1)25-43-44-26-33-5-17-39(18-6-33)40-19-7-35(8-20-40)29-47-48-30-36-11-23-42(24-12-36)41-21-9-34(10-22-41)28-46-45-27-32-3-15-38(37)16-4-32;1-9-25-10-2-21(1)17-29-30-18-23-5-13-27(14-6-23)28-15-7-24(8-16-28)20-32-31-19-22-3-11-26(25)12-4-22/h1-32H,33-40H2;1-24H,25-30H2;1-16H,17-20H2. The molecule has 0 aromatic heterocycles. The van der Waals surface area contributed by atoms with Crippen molar-refractivity contribution in [3.8, 4) is 100 Å². The second-order valence-electron chi connectivity index (χ2n) is 35.3. The predicted molar refractivity (Wildman–Crippen MR) is 670 cm³/mol. The second kappa shape index (κ2) is 56.2. The van der Waals surface area contributed by atoms with Crippen LogP contribution in [0.25, 0.3) is 100 Å². The number of hydrogen-bond acceptors (Lipinski definition) is 18. The van der Waals surface area contributed by atoms with Crippen molar-refractivity contribution < 1.29 is 0 Å². The van der Waals surface area contributed by atoms with Crippen LogP contribution in [0.5, 0.6) is 0 Å². The van der Waals surface area contributed by atoms with E-state index in [0.29, 0.717) is 0 Å². The van der Waals surface area contributed by atoms with Gasteiger partial charge >= 0.3 is 0 Å². The Labute approximate surface area is 924 Å². The third-order valence-corrected chi connectivity index (χ3v) is 45.5. The van der Waals surface area contributed by atoms with Gasteiger partial charge in [-0.15, -0.1) is 0 Å². The lowest BCUT2D eigenvalue weighted by Gasteiger charge is -2.08. The van der Waals surface area contributed by atoms with Crippen LogP contribution in [0.1, 0.15) is 100 Å². The Balaban J connectivity index is 0.000000144. The zero-order valence-electron chi connectivity index (χ0n) is 79.6. The molecule has 0 atom stereocenters. The topological polar surface area (TPSA) is 0 Å². The molecule has 0 N–H and O–H groups in total. The first-order valence-corrected chi connectivity index (χ1v) is 70.5. The van der Waals surface area contributed by atoms with Gasteiger partial charge in [-0.05, 0) is 200 Å². The maximum atomic E-state index is 2.28. The lowest BCUT2D eigenvalue weighted by Crippen LogP contribution is -1.85. The van der Waals surface area contributed by atoms with Gasteiger partial charge in [0.05, 0.1) is 0 Å². The van der Waals surface area contributed by atoms with Crippen molar-refractivity contribution in [1.29, 1.82) is 0 Å². The Morgan fingerprint density at radius 3 is 0.146 bits per heavy atom. The molecule has 720 valence electrons. The van der Waals surface area contributed by atoms with Crippen LogP contribution in [-0.2, 0) is 104 Å². The monoisotopic (exact) mass is 2200 g/mol. The minimum absolute atomic E-state index is 0.999. The molecule has 144 heavy (non-hydrogen) atoms. The predicted octanol–water partition coefficient (Wildman–Crippen LogP) is 42.7. The fourth-order valence-electron chi connectivity index (χ4n) is 16.3. The van der Waals surface area contributed by atoms with E-state index in [1.165, 1.54) is 200 Å². The fraction of sp³-hybridized carbons (Fsp3) is 0.143. The summed E-state index contributed by atoms with van der Waals surface area (Å²) >= 11 is 0. The molecule has 0 unspecified atom stereocenters. The summed E-state index contributed by atoms with van der Waals surface area (Å²) in [5.41, 5.74) is 47.6. The smallest absolute Gasteiger partial charge is 0.0288 e. The second-order valence-corrected chi connectivity index (χ2v) is 57.4. The van der Waals surface area contributed by atoms with Gasteiger partial charge in [-0.3, -0.25) is 0 Å². The Hall–Kier alpha value is -7.74. The highest BCUT2D eigenvalue weighted by Gasteiger charge is 2.15. The van der Waals surface area contributed by atoms with Crippen LogP contribution in [0.2, 0.25) is 0 Å². The lowest BCUT2D eigenvalue weighted by atomic mass is 10.0. The summed E-state index contributed by atoms with van der Waals surface area (Å²) in [7, 11) is 34.8. The molecule has 0 spiro atoms. The van der Waals surface area contributed by atoms with Gasteiger partial charge < -0.3 is 0 Å². The van der Waals surface area contributed by atoms with Crippen molar-refractivity contribution in [3.05, 3.63) is 537 Å². The van der Waals surface area contributed by atoms with Crippen molar-refractivity contribution in [2.45, 2.75) is 104 Å². The Morgan fingerprint density at radius 1 is 0.0625 bits per heavy atom.